The molecule has 156 valence electrons. The first-order valence-electron chi connectivity index (χ1n) is 9.84. The number of benzene rings is 2. The molecule has 0 radical (unpaired) electrons. The molecule has 2 rings (SSSR count). The van der Waals surface area contributed by atoms with Gasteiger partial charge in [-0.1, -0.05) is 48.9 Å². The van der Waals surface area contributed by atoms with E-state index in [1.54, 1.807) is 31.1 Å². The Morgan fingerprint density at radius 1 is 1.07 bits per heavy atom. The molecule has 0 aromatic heterocycles. The summed E-state index contributed by atoms with van der Waals surface area (Å²) in [5.41, 5.74) is 2.09. The van der Waals surface area contributed by atoms with Crippen LogP contribution in [0.5, 0.6) is 11.5 Å². The summed E-state index contributed by atoms with van der Waals surface area (Å²) in [4.78, 5) is 27.0. The van der Waals surface area contributed by atoms with E-state index in [-0.39, 0.29) is 18.4 Å². The zero-order chi connectivity index (χ0) is 21.2. The molecule has 2 aromatic rings. The van der Waals surface area contributed by atoms with Crippen LogP contribution < -0.4 is 14.8 Å². The van der Waals surface area contributed by atoms with Gasteiger partial charge in [0.1, 0.15) is 6.04 Å². The van der Waals surface area contributed by atoms with E-state index in [4.69, 9.17) is 9.47 Å². The molecule has 1 N–H and O–H groups in total. The quantitative estimate of drug-likeness (QED) is 0.667. The predicted molar refractivity (Wildman–Crippen MR) is 113 cm³/mol. The lowest BCUT2D eigenvalue weighted by atomic mass is 10.1. The van der Waals surface area contributed by atoms with Crippen LogP contribution >= 0.6 is 0 Å². The molecule has 0 aliphatic carbocycles. The Bertz CT molecular complexity index is 805. The summed E-state index contributed by atoms with van der Waals surface area (Å²) >= 11 is 0. The fourth-order valence-electron chi connectivity index (χ4n) is 2.83. The second-order valence-corrected chi connectivity index (χ2v) is 6.91. The maximum atomic E-state index is 13.0. The fourth-order valence-corrected chi connectivity index (χ4v) is 2.83. The molecule has 0 fully saturated rings. The molecule has 1 unspecified atom stereocenters. The highest BCUT2D eigenvalue weighted by Gasteiger charge is 2.26. The van der Waals surface area contributed by atoms with Gasteiger partial charge in [-0.25, -0.2) is 0 Å². The maximum absolute atomic E-state index is 13.0. The highest BCUT2D eigenvalue weighted by atomic mass is 16.5. The number of rotatable bonds is 10. The lowest BCUT2D eigenvalue weighted by molar-refractivity contribution is -0.142. The third-order valence-corrected chi connectivity index (χ3v) is 4.61. The van der Waals surface area contributed by atoms with E-state index in [9.17, 15) is 9.59 Å². The van der Waals surface area contributed by atoms with Crippen LogP contribution in [0.25, 0.3) is 0 Å². The molecular formula is C23H30N2O4. The van der Waals surface area contributed by atoms with Gasteiger partial charge in [-0.05, 0) is 38.0 Å². The SMILES string of the molecule is CCCNC(=O)C(C)N(Cc1ccc(C)cc1)C(=O)COc1ccccc1OC. The standard InChI is InChI=1S/C23H30N2O4/c1-5-14-24-23(27)18(3)25(15-19-12-10-17(2)11-13-19)22(26)16-29-21-9-7-6-8-20(21)28-4/h6-13,18H,5,14-16H2,1-4H3,(H,24,27). The molecule has 0 aliphatic heterocycles. The van der Waals surface area contributed by atoms with Crippen molar-refractivity contribution in [3.63, 3.8) is 0 Å². The number of hydrogen-bond donors (Lipinski definition) is 1. The Labute approximate surface area is 172 Å². The van der Waals surface area contributed by atoms with Gasteiger partial charge in [-0.3, -0.25) is 9.59 Å². The third-order valence-electron chi connectivity index (χ3n) is 4.61. The van der Waals surface area contributed by atoms with Gasteiger partial charge in [0, 0.05) is 13.1 Å². The highest BCUT2D eigenvalue weighted by Crippen LogP contribution is 2.25. The number of carbonyl (C=O) groups is 2. The number of nitrogens with one attached hydrogen (secondary N) is 1. The average Bonchev–Trinajstić information content (AvgIpc) is 2.75. The summed E-state index contributed by atoms with van der Waals surface area (Å²) in [6.07, 6.45) is 0.835. The van der Waals surface area contributed by atoms with Crippen LogP contribution in [0.4, 0.5) is 0 Å². The number of amides is 2. The van der Waals surface area contributed by atoms with Crippen LogP contribution in [0, 0.1) is 6.92 Å². The molecule has 0 aliphatic rings. The van der Waals surface area contributed by atoms with E-state index >= 15 is 0 Å². The molecular weight excluding hydrogens is 368 g/mol. The van der Waals surface area contributed by atoms with Crippen molar-refractivity contribution in [1.82, 2.24) is 10.2 Å². The van der Waals surface area contributed by atoms with Crippen molar-refractivity contribution in [1.29, 1.82) is 0 Å². The summed E-state index contributed by atoms with van der Waals surface area (Å²) in [6.45, 7) is 6.45. The summed E-state index contributed by atoms with van der Waals surface area (Å²) in [5, 5.41) is 2.86. The number of para-hydroxylation sites is 2. The monoisotopic (exact) mass is 398 g/mol. The molecule has 2 amide bonds. The minimum atomic E-state index is -0.614. The maximum Gasteiger partial charge on any atom is 0.261 e. The number of ether oxygens (including phenoxy) is 2. The molecule has 0 saturated carbocycles. The van der Waals surface area contributed by atoms with Crippen molar-refractivity contribution in [2.75, 3.05) is 20.3 Å². The van der Waals surface area contributed by atoms with Crippen molar-refractivity contribution in [2.24, 2.45) is 0 Å². The van der Waals surface area contributed by atoms with Gasteiger partial charge in [0.25, 0.3) is 5.91 Å². The van der Waals surface area contributed by atoms with Gasteiger partial charge >= 0.3 is 0 Å². The van der Waals surface area contributed by atoms with Crippen LogP contribution in [0.3, 0.4) is 0 Å². The van der Waals surface area contributed by atoms with E-state index in [0.717, 1.165) is 17.5 Å². The van der Waals surface area contributed by atoms with Gasteiger partial charge in [0.2, 0.25) is 5.91 Å². The van der Waals surface area contributed by atoms with E-state index < -0.39 is 6.04 Å². The van der Waals surface area contributed by atoms with Crippen molar-refractivity contribution in [3.05, 3.63) is 59.7 Å². The second-order valence-electron chi connectivity index (χ2n) is 6.91. The molecule has 0 heterocycles. The van der Waals surface area contributed by atoms with Crippen molar-refractivity contribution >= 4 is 11.8 Å². The summed E-state index contributed by atoms with van der Waals surface area (Å²) in [5.74, 6) is 0.598. The number of hydrogen-bond acceptors (Lipinski definition) is 4. The lowest BCUT2D eigenvalue weighted by Gasteiger charge is -2.29. The van der Waals surface area contributed by atoms with Crippen LogP contribution in [0.2, 0.25) is 0 Å². The fraction of sp³-hybridized carbons (Fsp3) is 0.391. The van der Waals surface area contributed by atoms with E-state index in [1.165, 1.54) is 0 Å². The van der Waals surface area contributed by atoms with E-state index in [1.807, 2.05) is 50.2 Å². The molecule has 0 bridgehead atoms. The zero-order valence-corrected chi connectivity index (χ0v) is 17.6. The van der Waals surface area contributed by atoms with Crippen LogP contribution in [0.15, 0.2) is 48.5 Å². The van der Waals surface area contributed by atoms with Crippen LogP contribution in [0.1, 0.15) is 31.4 Å². The Kier molecular flexibility index (Phi) is 8.52. The van der Waals surface area contributed by atoms with Gasteiger partial charge in [-0.2, -0.15) is 0 Å². The minimum absolute atomic E-state index is 0.176. The molecule has 29 heavy (non-hydrogen) atoms. The Hall–Kier alpha value is -3.02. The van der Waals surface area contributed by atoms with Gasteiger partial charge < -0.3 is 19.7 Å². The summed E-state index contributed by atoms with van der Waals surface area (Å²) in [6, 6.07) is 14.5. The number of nitrogens with zero attached hydrogens (tertiary/aromatic N) is 1. The Morgan fingerprint density at radius 3 is 2.34 bits per heavy atom. The molecule has 0 saturated heterocycles. The number of carbonyl (C=O) groups excluding carboxylic acids is 2. The topological polar surface area (TPSA) is 67.9 Å². The largest absolute Gasteiger partial charge is 0.493 e. The van der Waals surface area contributed by atoms with Gasteiger partial charge in [-0.15, -0.1) is 0 Å². The zero-order valence-electron chi connectivity index (χ0n) is 17.6. The molecule has 1 atom stereocenters. The van der Waals surface area contributed by atoms with Crippen LogP contribution in [-0.4, -0.2) is 43.0 Å². The summed E-state index contributed by atoms with van der Waals surface area (Å²) in [7, 11) is 1.55. The highest BCUT2D eigenvalue weighted by molar-refractivity contribution is 5.88. The molecule has 6 nitrogen and oxygen atoms in total. The smallest absolute Gasteiger partial charge is 0.261 e. The molecule has 0 spiro atoms. The first-order chi connectivity index (χ1) is 14.0. The first kappa shape index (κ1) is 22.3. The van der Waals surface area contributed by atoms with Crippen LogP contribution in [-0.2, 0) is 16.1 Å². The number of aryl methyl sites for hydroxylation is 1. The average molecular weight is 399 g/mol. The molecule has 2 aromatic carbocycles. The van der Waals surface area contributed by atoms with Crippen molar-refractivity contribution < 1.29 is 19.1 Å². The third kappa shape index (κ3) is 6.52. The minimum Gasteiger partial charge on any atom is -0.493 e. The van der Waals surface area contributed by atoms with Gasteiger partial charge in [0.15, 0.2) is 18.1 Å². The normalized spacial score (nSPS) is 11.4. The summed E-state index contributed by atoms with van der Waals surface area (Å²) < 4.78 is 11.0. The number of methoxy groups -OCH3 is 1. The lowest BCUT2D eigenvalue weighted by Crippen LogP contribution is -2.49. The second kappa shape index (κ2) is 11.1. The van der Waals surface area contributed by atoms with E-state index in [2.05, 4.69) is 5.32 Å². The Morgan fingerprint density at radius 2 is 1.72 bits per heavy atom. The van der Waals surface area contributed by atoms with Crippen molar-refractivity contribution in [3.8, 4) is 11.5 Å². The molecule has 6 heteroatoms. The van der Waals surface area contributed by atoms with Gasteiger partial charge in [0.05, 0.1) is 7.11 Å². The first-order valence-corrected chi connectivity index (χ1v) is 9.84. The predicted octanol–water partition coefficient (Wildman–Crippen LogP) is 3.33. The van der Waals surface area contributed by atoms with Crippen molar-refractivity contribution in [2.45, 2.75) is 39.8 Å². The van der Waals surface area contributed by atoms with E-state index in [0.29, 0.717) is 24.6 Å². The Balaban J connectivity index is 2.14.